The van der Waals surface area contributed by atoms with Crippen molar-refractivity contribution < 1.29 is 0 Å². The van der Waals surface area contributed by atoms with Crippen LogP contribution in [0.15, 0.2) is 65.5 Å². The highest BCUT2D eigenvalue weighted by atomic mass is 35.5. The van der Waals surface area contributed by atoms with Gasteiger partial charge in [-0.3, -0.25) is 5.43 Å². The second kappa shape index (κ2) is 7.00. The summed E-state index contributed by atoms with van der Waals surface area (Å²) in [4.78, 5) is 0. The van der Waals surface area contributed by atoms with Crippen molar-refractivity contribution in [3.8, 4) is 0 Å². The lowest BCUT2D eigenvalue weighted by Crippen LogP contribution is -2.35. The van der Waals surface area contributed by atoms with Crippen LogP contribution in [0, 0.1) is 0 Å². The Morgan fingerprint density at radius 1 is 0.826 bits per heavy atom. The molecule has 0 amide bonds. The molecule has 3 N–H and O–H groups in total. The fraction of sp³-hybridized carbons (Fsp3) is 0. The number of halogens is 3. The monoisotopic (exact) mass is 367 g/mol. The van der Waals surface area contributed by atoms with Gasteiger partial charge in [0.05, 0.1) is 11.8 Å². The number of rotatable bonds is 3. The topological polar surface area (TPSA) is 51.7 Å². The van der Waals surface area contributed by atoms with E-state index < -0.39 is 0 Å². The second-order valence-corrected chi connectivity index (χ2v) is 5.87. The molecule has 0 saturated heterocycles. The summed E-state index contributed by atoms with van der Waals surface area (Å²) in [5.41, 5.74) is 4.59. The summed E-state index contributed by atoms with van der Waals surface area (Å²) in [6, 6.07) is 14.6. The minimum atomic E-state index is 0.567. The zero-order chi connectivity index (χ0) is 16.2. The maximum Gasteiger partial charge on any atom is 0.157 e. The molecule has 1 aliphatic heterocycles. The molecule has 0 aromatic heterocycles. The predicted octanol–water partition coefficient (Wildman–Crippen LogP) is 4.65. The second-order valence-electron chi connectivity index (χ2n) is 4.68. The van der Waals surface area contributed by atoms with Gasteiger partial charge < -0.3 is 10.6 Å². The van der Waals surface area contributed by atoms with Crippen LogP contribution in [-0.4, -0.2) is 10.5 Å². The van der Waals surface area contributed by atoms with Crippen LogP contribution in [0.1, 0.15) is 0 Å². The first-order valence-electron chi connectivity index (χ1n) is 6.66. The van der Waals surface area contributed by atoms with Gasteiger partial charge in [-0.15, -0.1) is 9.74 Å². The minimum Gasteiger partial charge on any atom is -0.341 e. The lowest BCUT2D eigenvalue weighted by molar-refractivity contribution is 0.395. The van der Waals surface area contributed by atoms with E-state index in [9.17, 15) is 0 Å². The van der Waals surface area contributed by atoms with E-state index in [4.69, 9.17) is 35.0 Å². The molecule has 0 saturated carbocycles. The SMILES string of the molecule is Clc1ccc(NC2=CC(Nc3ccc(Cl)cc3)=NN(Cl)N2)cc1. The van der Waals surface area contributed by atoms with Crippen molar-refractivity contribution in [2.45, 2.75) is 0 Å². The normalized spacial score (nSPS) is 13.8. The molecule has 118 valence electrons. The van der Waals surface area contributed by atoms with Gasteiger partial charge in [0.2, 0.25) is 0 Å². The first-order chi connectivity index (χ1) is 11.1. The molecule has 0 unspecified atom stereocenters. The first-order valence-corrected chi connectivity index (χ1v) is 7.76. The molecule has 0 aliphatic carbocycles. The van der Waals surface area contributed by atoms with Crippen molar-refractivity contribution in [2.75, 3.05) is 10.6 Å². The molecule has 0 bridgehead atoms. The fourth-order valence-electron chi connectivity index (χ4n) is 1.91. The Kier molecular flexibility index (Phi) is 4.81. The average Bonchev–Trinajstić information content (AvgIpc) is 2.51. The molecular weight excluding hydrogens is 357 g/mol. The Morgan fingerprint density at radius 3 is 1.91 bits per heavy atom. The van der Waals surface area contributed by atoms with Gasteiger partial charge in [-0.25, -0.2) is 0 Å². The maximum absolute atomic E-state index is 5.96. The lowest BCUT2D eigenvalue weighted by Gasteiger charge is -2.22. The van der Waals surface area contributed by atoms with Gasteiger partial charge in [-0.05, 0) is 48.5 Å². The van der Waals surface area contributed by atoms with Crippen LogP contribution in [0.3, 0.4) is 0 Å². The molecule has 2 aromatic rings. The van der Waals surface area contributed by atoms with E-state index >= 15 is 0 Å². The van der Waals surface area contributed by atoms with Gasteiger partial charge in [-0.2, -0.15) is 0 Å². The van der Waals surface area contributed by atoms with Crippen LogP contribution in [0.5, 0.6) is 0 Å². The van der Waals surface area contributed by atoms with Crippen LogP contribution in [-0.2, 0) is 0 Å². The van der Waals surface area contributed by atoms with E-state index in [0.29, 0.717) is 21.7 Å². The quantitative estimate of drug-likeness (QED) is 0.691. The zero-order valence-electron chi connectivity index (χ0n) is 11.7. The summed E-state index contributed by atoms with van der Waals surface area (Å²) in [5, 5.41) is 11.8. The number of hydrazone groups is 1. The Labute approximate surface area is 148 Å². The summed E-state index contributed by atoms with van der Waals surface area (Å²) < 4.78 is 1.09. The zero-order valence-corrected chi connectivity index (χ0v) is 14.0. The largest absolute Gasteiger partial charge is 0.341 e. The predicted molar refractivity (Wildman–Crippen MR) is 96.5 cm³/mol. The summed E-state index contributed by atoms with van der Waals surface area (Å²) in [6.07, 6.45) is 1.79. The van der Waals surface area contributed by atoms with Crippen molar-refractivity contribution in [2.24, 2.45) is 5.10 Å². The molecule has 0 fully saturated rings. The van der Waals surface area contributed by atoms with E-state index in [0.717, 1.165) is 16.0 Å². The van der Waals surface area contributed by atoms with Crippen LogP contribution in [0.25, 0.3) is 0 Å². The van der Waals surface area contributed by atoms with Crippen molar-refractivity contribution in [1.29, 1.82) is 0 Å². The number of benzene rings is 2. The van der Waals surface area contributed by atoms with E-state index in [1.165, 1.54) is 0 Å². The highest BCUT2D eigenvalue weighted by Crippen LogP contribution is 2.17. The molecule has 8 heteroatoms. The third-order valence-corrected chi connectivity index (χ3v) is 3.59. The van der Waals surface area contributed by atoms with E-state index in [2.05, 4.69) is 21.2 Å². The number of nitrogens with one attached hydrogen (secondary N) is 3. The third-order valence-electron chi connectivity index (χ3n) is 2.93. The standard InChI is InChI=1S/C15H12Cl3N5/c16-10-1-5-12(6-2-10)19-14-9-15(22-23(18)21-14)20-13-7-3-11(17)4-8-13/h1-9,19,21H,(H,20,22). The van der Waals surface area contributed by atoms with Crippen LogP contribution < -0.4 is 16.1 Å². The number of nitrogens with zero attached hydrogens (tertiary/aromatic N) is 2. The van der Waals surface area contributed by atoms with E-state index in [1.807, 2.05) is 24.3 Å². The Morgan fingerprint density at radius 2 is 1.35 bits per heavy atom. The molecule has 0 radical (unpaired) electrons. The van der Waals surface area contributed by atoms with E-state index in [1.54, 1.807) is 30.3 Å². The lowest BCUT2D eigenvalue weighted by atomic mass is 10.3. The Bertz CT molecular complexity index is 741. The smallest absolute Gasteiger partial charge is 0.157 e. The van der Waals surface area contributed by atoms with Gasteiger partial charge in [0.25, 0.3) is 0 Å². The summed E-state index contributed by atoms with van der Waals surface area (Å²) >= 11 is 17.7. The molecular formula is C15H12Cl3N5. The Hall–Kier alpha value is -2.08. The first kappa shape index (κ1) is 15.8. The van der Waals surface area contributed by atoms with Crippen molar-refractivity contribution in [1.82, 2.24) is 10.1 Å². The van der Waals surface area contributed by atoms with Crippen LogP contribution in [0.2, 0.25) is 10.0 Å². The van der Waals surface area contributed by atoms with Crippen LogP contribution >= 0.6 is 35.0 Å². The number of anilines is 2. The molecule has 1 heterocycles. The highest BCUT2D eigenvalue weighted by molar-refractivity contribution is 6.31. The summed E-state index contributed by atoms with van der Waals surface area (Å²) in [7, 11) is 0. The number of amidine groups is 1. The third kappa shape index (κ3) is 4.45. The minimum absolute atomic E-state index is 0.567. The van der Waals surface area contributed by atoms with Crippen molar-refractivity contribution >= 4 is 52.2 Å². The highest BCUT2D eigenvalue weighted by Gasteiger charge is 2.12. The fourth-order valence-corrected chi connectivity index (χ4v) is 2.34. The molecule has 2 aromatic carbocycles. The number of hydrazine groups is 1. The summed E-state index contributed by atoms with van der Waals surface area (Å²) in [5.74, 6) is 1.23. The number of hydrogen-bond acceptors (Lipinski definition) is 5. The van der Waals surface area contributed by atoms with Gasteiger partial charge in [0.1, 0.15) is 5.82 Å². The molecule has 0 atom stereocenters. The van der Waals surface area contributed by atoms with Crippen LogP contribution in [0.4, 0.5) is 11.4 Å². The number of hydrogen-bond donors (Lipinski definition) is 3. The van der Waals surface area contributed by atoms with Gasteiger partial charge >= 0.3 is 0 Å². The van der Waals surface area contributed by atoms with Gasteiger partial charge in [-0.1, -0.05) is 23.2 Å². The average molecular weight is 369 g/mol. The summed E-state index contributed by atoms with van der Waals surface area (Å²) in [6.45, 7) is 0. The molecule has 3 rings (SSSR count). The van der Waals surface area contributed by atoms with E-state index in [-0.39, 0.29) is 0 Å². The molecule has 5 nitrogen and oxygen atoms in total. The van der Waals surface area contributed by atoms with Gasteiger partial charge in [0.15, 0.2) is 5.84 Å². The van der Waals surface area contributed by atoms with Gasteiger partial charge in [0, 0.05) is 27.5 Å². The molecule has 23 heavy (non-hydrogen) atoms. The molecule has 1 aliphatic rings. The maximum atomic E-state index is 5.96. The van der Waals surface area contributed by atoms with Crippen molar-refractivity contribution in [3.63, 3.8) is 0 Å². The van der Waals surface area contributed by atoms with Crippen molar-refractivity contribution in [3.05, 3.63) is 70.5 Å². The Balaban J connectivity index is 1.74. The molecule has 0 spiro atoms.